The Balaban J connectivity index is 1.72. The van der Waals surface area contributed by atoms with Crippen molar-refractivity contribution in [2.75, 3.05) is 19.6 Å². The summed E-state index contributed by atoms with van der Waals surface area (Å²) < 4.78 is 0. The van der Waals surface area contributed by atoms with Gasteiger partial charge in [0.15, 0.2) is 0 Å². The highest BCUT2D eigenvalue weighted by Crippen LogP contribution is 2.37. The lowest BCUT2D eigenvalue weighted by Gasteiger charge is -2.38. The maximum absolute atomic E-state index is 12.0. The van der Waals surface area contributed by atoms with Crippen LogP contribution in [-0.4, -0.2) is 36.3 Å². The fraction of sp³-hybridized carbons (Fsp3) is 0.733. The van der Waals surface area contributed by atoms with Crippen LogP contribution < -0.4 is 5.32 Å². The second kappa shape index (κ2) is 6.10. The largest absolute Gasteiger partial charge is 0.356 e. The molecular formula is C15H22N2O2. The van der Waals surface area contributed by atoms with Gasteiger partial charge in [0.05, 0.1) is 0 Å². The highest BCUT2D eigenvalue weighted by atomic mass is 16.2. The average Bonchev–Trinajstić information content (AvgIpc) is 2.76. The summed E-state index contributed by atoms with van der Waals surface area (Å²) in [6.07, 6.45) is 10.9. The Kier molecular flexibility index (Phi) is 4.47. The first-order valence-corrected chi connectivity index (χ1v) is 7.13. The number of unbranched alkanes of at least 4 members (excludes halogenated alkanes) is 2. The number of amides is 2. The van der Waals surface area contributed by atoms with Gasteiger partial charge in [-0.25, -0.2) is 0 Å². The summed E-state index contributed by atoms with van der Waals surface area (Å²) >= 11 is 0. The number of rotatable bonds is 4. The second-order valence-electron chi connectivity index (χ2n) is 5.75. The maximum Gasteiger partial charge on any atom is 0.222 e. The molecule has 4 heteroatoms. The third kappa shape index (κ3) is 3.50. The molecule has 2 rings (SSSR count). The van der Waals surface area contributed by atoms with Gasteiger partial charge in [0.2, 0.25) is 11.8 Å². The van der Waals surface area contributed by atoms with Crippen LogP contribution in [0, 0.1) is 17.8 Å². The van der Waals surface area contributed by atoms with Crippen molar-refractivity contribution in [3.05, 3.63) is 0 Å². The predicted molar refractivity (Wildman–Crippen MR) is 73.2 cm³/mol. The Morgan fingerprint density at radius 1 is 1.37 bits per heavy atom. The number of carbonyl (C=O) groups is 2. The van der Waals surface area contributed by atoms with Crippen molar-refractivity contribution in [2.45, 2.75) is 44.9 Å². The lowest BCUT2D eigenvalue weighted by Crippen LogP contribution is -2.43. The molecule has 19 heavy (non-hydrogen) atoms. The van der Waals surface area contributed by atoms with Crippen LogP contribution in [-0.2, 0) is 9.59 Å². The smallest absolute Gasteiger partial charge is 0.222 e. The Labute approximate surface area is 114 Å². The van der Waals surface area contributed by atoms with Gasteiger partial charge < -0.3 is 10.2 Å². The zero-order chi connectivity index (χ0) is 13.7. The molecule has 2 amide bonds. The molecule has 0 radical (unpaired) electrons. The van der Waals surface area contributed by atoms with Gasteiger partial charge in [0.25, 0.3) is 0 Å². The van der Waals surface area contributed by atoms with Gasteiger partial charge in [-0.15, -0.1) is 12.3 Å². The van der Waals surface area contributed by atoms with E-state index in [0.717, 1.165) is 51.7 Å². The Hall–Kier alpha value is -1.50. The number of likely N-dealkylation sites (tertiary alicyclic amines) is 1. The fourth-order valence-corrected chi connectivity index (χ4v) is 3.00. The third-order valence-corrected chi connectivity index (χ3v) is 4.33. The molecule has 2 aliphatic rings. The van der Waals surface area contributed by atoms with E-state index in [4.69, 9.17) is 6.42 Å². The Bertz CT molecular complexity index is 389. The molecule has 2 aliphatic heterocycles. The minimum absolute atomic E-state index is 0.122. The standard InChI is InChI=1S/C15H22N2O2/c1-2-3-4-5-6-14(19)17-9-7-15(8-10-17)11-13(18)16-12-15/h1H,3-12H2,(H,16,18). The molecule has 2 fully saturated rings. The summed E-state index contributed by atoms with van der Waals surface area (Å²) in [6.45, 7) is 2.38. The molecule has 0 saturated carbocycles. The van der Waals surface area contributed by atoms with E-state index in [0.29, 0.717) is 12.8 Å². The highest BCUT2D eigenvalue weighted by molar-refractivity contribution is 5.79. The molecule has 1 N–H and O–H groups in total. The number of carbonyl (C=O) groups excluding carboxylic acids is 2. The van der Waals surface area contributed by atoms with E-state index >= 15 is 0 Å². The van der Waals surface area contributed by atoms with Crippen LogP contribution in [0.25, 0.3) is 0 Å². The number of terminal acetylenes is 1. The summed E-state index contributed by atoms with van der Waals surface area (Å²) in [5.74, 6) is 3.00. The molecular weight excluding hydrogens is 240 g/mol. The van der Waals surface area contributed by atoms with E-state index in [1.54, 1.807) is 0 Å². The number of nitrogens with zero attached hydrogens (tertiary/aromatic N) is 1. The van der Waals surface area contributed by atoms with E-state index in [1.165, 1.54) is 0 Å². The van der Waals surface area contributed by atoms with Gasteiger partial charge in [-0.1, -0.05) is 0 Å². The Morgan fingerprint density at radius 3 is 2.68 bits per heavy atom. The van der Waals surface area contributed by atoms with Gasteiger partial charge >= 0.3 is 0 Å². The summed E-state index contributed by atoms with van der Waals surface area (Å²) in [6, 6.07) is 0. The second-order valence-corrected chi connectivity index (χ2v) is 5.75. The molecule has 0 aromatic rings. The molecule has 0 atom stereocenters. The highest BCUT2D eigenvalue weighted by Gasteiger charge is 2.41. The summed E-state index contributed by atoms with van der Waals surface area (Å²) in [4.78, 5) is 25.3. The number of nitrogens with one attached hydrogen (secondary N) is 1. The molecule has 0 bridgehead atoms. The monoisotopic (exact) mass is 262 g/mol. The van der Waals surface area contributed by atoms with Crippen molar-refractivity contribution >= 4 is 11.8 Å². The zero-order valence-electron chi connectivity index (χ0n) is 11.4. The molecule has 2 saturated heterocycles. The predicted octanol–water partition coefficient (Wildman–Crippen LogP) is 1.31. The first kappa shape index (κ1) is 13.9. The molecule has 0 aromatic heterocycles. The van der Waals surface area contributed by atoms with Crippen LogP contribution in [0.4, 0.5) is 0 Å². The quantitative estimate of drug-likeness (QED) is 0.613. The van der Waals surface area contributed by atoms with E-state index in [9.17, 15) is 9.59 Å². The van der Waals surface area contributed by atoms with Gasteiger partial charge in [0, 0.05) is 38.9 Å². The van der Waals surface area contributed by atoms with E-state index in [1.807, 2.05) is 4.90 Å². The molecule has 0 aliphatic carbocycles. The van der Waals surface area contributed by atoms with Crippen LogP contribution in [0.3, 0.4) is 0 Å². The van der Waals surface area contributed by atoms with Crippen molar-refractivity contribution < 1.29 is 9.59 Å². The van der Waals surface area contributed by atoms with Crippen molar-refractivity contribution in [3.8, 4) is 12.3 Å². The molecule has 4 nitrogen and oxygen atoms in total. The normalized spacial score (nSPS) is 21.2. The van der Waals surface area contributed by atoms with Gasteiger partial charge in [-0.05, 0) is 31.1 Å². The topological polar surface area (TPSA) is 49.4 Å². The van der Waals surface area contributed by atoms with Gasteiger partial charge in [-0.2, -0.15) is 0 Å². The number of piperidine rings is 1. The van der Waals surface area contributed by atoms with Gasteiger partial charge in [0.1, 0.15) is 0 Å². The third-order valence-electron chi connectivity index (χ3n) is 4.33. The van der Waals surface area contributed by atoms with Gasteiger partial charge in [-0.3, -0.25) is 9.59 Å². The van der Waals surface area contributed by atoms with Crippen molar-refractivity contribution in [3.63, 3.8) is 0 Å². The Morgan fingerprint density at radius 2 is 2.11 bits per heavy atom. The lowest BCUT2D eigenvalue weighted by molar-refractivity contribution is -0.133. The van der Waals surface area contributed by atoms with Crippen molar-refractivity contribution in [2.24, 2.45) is 5.41 Å². The van der Waals surface area contributed by atoms with Crippen molar-refractivity contribution in [1.29, 1.82) is 0 Å². The van der Waals surface area contributed by atoms with Crippen LogP contribution in [0.15, 0.2) is 0 Å². The zero-order valence-corrected chi connectivity index (χ0v) is 11.4. The van der Waals surface area contributed by atoms with E-state index < -0.39 is 0 Å². The SMILES string of the molecule is C#CCCCCC(=O)N1CCC2(CC1)CNC(=O)C2. The fourth-order valence-electron chi connectivity index (χ4n) is 3.00. The molecule has 104 valence electrons. The number of hydrogen-bond donors (Lipinski definition) is 1. The lowest BCUT2D eigenvalue weighted by atomic mass is 9.77. The first-order valence-electron chi connectivity index (χ1n) is 7.13. The van der Waals surface area contributed by atoms with Crippen LogP contribution in [0.1, 0.15) is 44.9 Å². The van der Waals surface area contributed by atoms with E-state index in [-0.39, 0.29) is 17.2 Å². The van der Waals surface area contributed by atoms with Crippen molar-refractivity contribution in [1.82, 2.24) is 10.2 Å². The minimum atomic E-state index is 0.122. The van der Waals surface area contributed by atoms with Crippen LogP contribution >= 0.6 is 0 Å². The van der Waals surface area contributed by atoms with Crippen LogP contribution in [0.5, 0.6) is 0 Å². The number of hydrogen-bond acceptors (Lipinski definition) is 2. The van der Waals surface area contributed by atoms with Crippen LogP contribution in [0.2, 0.25) is 0 Å². The maximum atomic E-state index is 12.0. The summed E-state index contributed by atoms with van der Waals surface area (Å²) in [7, 11) is 0. The molecule has 2 heterocycles. The summed E-state index contributed by atoms with van der Waals surface area (Å²) in [5.41, 5.74) is 0.122. The summed E-state index contributed by atoms with van der Waals surface area (Å²) in [5, 5.41) is 2.91. The van der Waals surface area contributed by atoms with E-state index in [2.05, 4.69) is 11.2 Å². The molecule has 0 unspecified atom stereocenters. The average molecular weight is 262 g/mol. The molecule has 1 spiro atoms. The first-order chi connectivity index (χ1) is 9.15. The minimum Gasteiger partial charge on any atom is -0.356 e. The molecule has 0 aromatic carbocycles.